The first-order valence-electron chi connectivity index (χ1n) is 12.1. The smallest absolute Gasteiger partial charge is 0.254 e. The van der Waals surface area contributed by atoms with Crippen LogP contribution >= 0.6 is 0 Å². The van der Waals surface area contributed by atoms with Crippen molar-refractivity contribution >= 4 is 34.1 Å². The molecule has 0 aliphatic carbocycles. The number of benzene rings is 2. The molecule has 7 nitrogen and oxygen atoms in total. The van der Waals surface area contributed by atoms with E-state index in [2.05, 4.69) is 27.1 Å². The third-order valence-electron chi connectivity index (χ3n) is 6.97. The summed E-state index contributed by atoms with van der Waals surface area (Å²) in [5.74, 6) is 0.228. The van der Waals surface area contributed by atoms with E-state index in [-0.39, 0.29) is 17.7 Å². The molecule has 1 aromatic heterocycles. The summed E-state index contributed by atoms with van der Waals surface area (Å²) in [7, 11) is 2.14. The van der Waals surface area contributed by atoms with Crippen molar-refractivity contribution in [3.05, 3.63) is 66.4 Å². The van der Waals surface area contributed by atoms with E-state index in [1.165, 1.54) is 0 Å². The number of piperidine rings is 1. The van der Waals surface area contributed by atoms with Crippen LogP contribution in [-0.4, -0.2) is 72.9 Å². The summed E-state index contributed by atoms with van der Waals surface area (Å²) in [6.07, 6.45) is 3.41. The first kappa shape index (κ1) is 22.3. The van der Waals surface area contributed by atoms with Crippen LogP contribution in [0.3, 0.4) is 0 Å². The fraction of sp³-hybridized carbons (Fsp3) is 0.370. The highest BCUT2D eigenvalue weighted by Gasteiger charge is 2.29. The molecule has 1 unspecified atom stereocenters. The summed E-state index contributed by atoms with van der Waals surface area (Å²) in [6.45, 7) is 5.12. The Morgan fingerprint density at radius 1 is 0.941 bits per heavy atom. The minimum absolute atomic E-state index is 0.0102. The second-order valence-electron chi connectivity index (χ2n) is 9.30. The number of hydrogen-bond donors (Lipinski definition) is 1. The molecule has 0 saturated carbocycles. The number of pyridine rings is 1. The van der Waals surface area contributed by atoms with Crippen molar-refractivity contribution in [2.24, 2.45) is 5.92 Å². The number of aromatic nitrogens is 1. The molecular weight excluding hydrogens is 426 g/mol. The second kappa shape index (κ2) is 9.81. The molecule has 0 bridgehead atoms. The molecule has 176 valence electrons. The van der Waals surface area contributed by atoms with Gasteiger partial charge < -0.3 is 20.0 Å². The van der Waals surface area contributed by atoms with Gasteiger partial charge in [-0.3, -0.25) is 9.59 Å². The average molecular weight is 458 g/mol. The van der Waals surface area contributed by atoms with E-state index >= 15 is 0 Å². The standard InChI is InChI=1S/C27H31N5O2/c1-30-14-16-31(17-15-30)22-11-12-25(28-18-22)29-26(33)21-8-5-13-32(19-21)27(34)24-10-4-7-20-6-2-3-9-23(20)24/h2-4,6-7,9-12,18,21H,5,8,13-17,19H2,1H3,(H,28,29,33). The molecule has 2 aromatic carbocycles. The van der Waals surface area contributed by atoms with Crippen LogP contribution in [0, 0.1) is 5.92 Å². The highest BCUT2D eigenvalue weighted by molar-refractivity contribution is 6.07. The number of rotatable bonds is 4. The number of hydrogen-bond acceptors (Lipinski definition) is 5. The molecule has 3 heterocycles. The molecule has 3 aromatic rings. The van der Waals surface area contributed by atoms with Crippen molar-refractivity contribution in [2.45, 2.75) is 12.8 Å². The number of anilines is 2. The van der Waals surface area contributed by atoms with Crippen LogP contribution in [0.5, 0.6) is 0 Å². The number of likely N-dealkylation sites (N-methyl/N-ethyl adjacent to an activating group) is 1. The van der Waals surface area contributed by atoms with Crippen LogP contribution < -0.4 is 10.2 Å². The van der Waals surface area contributed by atoms with Gasteiger partial charge in [0.05, 0.1) is 17.8 Å². The largest absolute Gasteiger partial charge is 0.368 e. The number of carbonyl (C=O) groups excluding carboxylic acids is 2. The molecule has 1 N–H and O–H groups in total. The highest BCUT2D eigenvalue weighted by atomic mass is 16.2. The predicted molar refractivity (Wildman–Crippen MR) is 135 cm³/mol. The second-order valence-corrected chi connectivity index (χ2v) is 9.30. The maximum atomic E-state index is 13.3. The Bertz CT molecular complexity index is 1170. The van der Waals surface area contributed by atoms with Gasteiger partial charge in [0.15, 0.2) is 0 Å². The van der Waals surface area contributed by atoms with Gasteiger partial charge in [0.25, 0.3) is 5.91 Å². The lowest BCUT2D eigenvalue weighted by Gasteiger charge is -2.34. The Labute approximate surface area is 200 Å². The number of nitrogens with zero attached hydrogens (tertiary/aromatic N) is 4. The molecular formula is C27H31N5O2. The van der Waals surface area contributed by atoms with Crippen molar-refractivity contribution in [2.75, 3.05) is 56.5 Å². The zero-order chi connectivity index (χ0) is 23.5. The van der Waals surface area contributed by atoms with Crippen LogP contribution in [0.25, 0.3) is 10.8 Å². The first-order chi connectivity index (χ1) is 16.6. The van der Waals surface area contributed by atoms with Crippen LogP contribution in [0.1, 0.15) is 23.2 Å². The monoisotopic (exact) mass is 457 g/mol. The predicted octanol–water partition coefficient (Wildman–Crippen LogP) is 3.48. The summed E-state index contributed by atoms with van der Waals surface area (Å²) in [6, 6.07) is 17.6. The SMILES string of the molecule is CN1CCN(c2ccc(NC(=O)C3CCCN(C(=O)c4cccc5ccccc45)C3)nc2)CC1. The minimum Gasteiger partial charge on any atom is -0.368 e. The Morgan fingerprint density at radius 2 is 1.74 bits per heavy atom. The molecule has 0 spiro atoms. The Hall–Kier alpha value is -3.45. The molecule has 2 amide bonds. The molecule has 0 radical (unpaired) electrons. The van der Waals surface area contributed by atoms with Gasteiger partial charge in [-0.25, -0.2) is 4.98 Å². The molecule has 2 saturated heterocycles. The lowest BCUT2D eigenvalue weighted by molar-refractivity contribution is -0.121. The number of nitrogens with one attached hydrogen (secondary N) is 1. The molecule has 5 rings (SSSR count). The Kier molecular flexibility index (Phi) is 6.45. The van der Waals surface area contributed by atoms with E-state index in [4.69, 9.17) is 0 Å². The van der Waals surface area contributed by atoms with Gasteiger partial charge in [-0.2, -0.15) is 0 Å². The van der Waals surface area contributed by atoms with Crippen molar-refractivity contribution in [1.82, 2.24) is 14.8 Å². The molecule has 2 aliphatic heterocycles. The number of likely N-dealkylation sites (tertiary alicyclic amines) is 1. The van der Waals surface area contributed by atoms with Crippen molar-refractivity contribution in [3.8, 4) is 0 Å². The Morgan fingerprint density at radius 3 is 2.53 bits per heavy atom. The summed E-state index contributed by atoms with van der Waals surface area (Å²) in [4.78, 5) is 37.3. The fourth-order valence-corrected chi connectivity index (χ4v) is 4.90. The summed E-state index contributed by atoms with van der Waals surface area (Å²) in [5, 5.41) is 4.96. The van der Waals surface area contributed by atoms with Crippen LogP contribution in [0.4, 0.5) is 11.5 Å². The van der Waals surface area contributed by atoms with Gasteiger partial charge in [-0.1, -0.05) is 36.4 Å². The van der Waals surface area contributed by atoms with E-state index in [1.807, 2.05) is 65.7 Å². The summed E-state index contributed by atoms with van der Waals surface area (Å²) >= 11 is 0. The van der Waals surface area contributed by atoms with E-state index in [9.17, 15) is 9.59 Å². The maximum Gasteiger partial charge on any atom is 0.254 e. The molecule has 7 heteroatoms. The van der Waals surface area contributed by atoms with Gasteiger partial charge in [0, 0.05) is 44.8 Å². The maximum absolute atomic E-state index is 13.3. The van der Waals surface area contributed by atoms with Gasteiger partial charge in [-0.05, 0) is 48.9 Å². The molecule has 2 fully saturated rings. The Balaban J connectivity index is 1.22. The van der Waals surface area contributed by atoms with Gasteiger partial charge in [0.1, 0.15) is 5.82 Å². The van der Waals surface area contributed by atoms with Gasteiger partial charge >= 0.3 is 0 Å². The molecule has 34 heavy (non-hydrogen) atoms. The summed E-state index contributed by atoms with van der Waals surface area (Å²) < 4.78 is 0. The van der Waals surface area contributed by atoms with Crippen LogP contribution in [0.15, 0.2) is 60.8 Å². The normalized spacial score (nSPS) is 19.3. The van der Waals surface area contributed by atoms with E-state index in [1.54, 1.807) is 0 Å². The topological polar surface area (TPSA) is 68.8 Å². The zero-order valence-corrected chi connectivity index (χ0v) is 19.6. The third-order valence-corrected chi connectivity index (χ3v) is 6.97. The van der Waals surface area contributed by atoms with Crippen molar-refractivity contribution < 1.29 is 9.59 Å². The van der Waals surface area contributed by atoms with Gasteiger partial charge in [-0.15, -0.1) is 0 Å². The molecule has 2 aliphatic rings. The minimum atomic E-state index is -0.244. The fourth-order valence-electron chi connectivity index (χ4n) is 4.90. The summed E-state index contributed by atoms with van der Waals surface area (Å²) in [5.41, 5.74) is 1.77. The highest BCUT2D eigenvalue weighted by Crippen LogP contribution is 2.24. The van der Waals surface area contributed by atoms with Crippen molar-refractivity contribution in [1.29, 1.82) is 0 Å². The molecule has 1 atom stereocenters. The quantitative estimate of drug-likeness (QED) is 0.650. The van der Waals surface area contributed by atoms with E-state index in [0.29, 0.717) is 24.5 Å². The lowest BCUT2D eigenvalue weighted by Crippen LogP contribution is -2.44. The zero-order valence-electron chi connectivity index (χ0n) is 19.6. The number of piperazine rings is 1. The first-order valence-corrected chi connectivity index (χ1v) is 12.1. The number of amides is 2. The average Bonchev–Trinajstić information content (AvgIpc) is 2.89. The van der Waals surface area contributed by atoms with E-state index < -0.39 is 0 Å². The lowest BCUT2D eigenvalue weighted by atomic mass is 9.95. The third kappa shape index (κ3) is 4.75. The van der Waals surface area contributed by atoms with Gasteiger partial charge in [0.2, 0.25) is 5.91 Å². The van der Waals surface area contributed by atoms with Crippen LogP contribution in [0.2, 0.25) is 0 Å². The number of carbonyl (C=O) groups is 2. The number of fused-ring (bicyclic) bond motifs is 1. The van der Waals surface area contributed by atoms with Crippen molar-refractivity contribution in [3.63, 3.8) is 0 Å². The van der Waals surface area contributed by atoms with Crippen LogP contribution in [-0.2, 0) is 4.79 Å². The van der Waals surface area contributed by atoms with E-state index in [0.717, 1.165) is 55.5 Å².